The third-order valence-electron chi connectivity index (χ3n) is 3.48. The maximum Gasteiger partial charge on any atom is 0.253 e. The monoisotopic (exact) mass is 293 g/mol. The van der Waals surface area contributed by atoms with Crippen LogP contribution in [-0.4, -0.2) is 37.6 Å². The zero-order valence-electron chi connectivity index (χ0n) is 13.6. The number of carbonyl (C=O) groups excluding carboxylic acids is 1. The Labute approximate surface area is 128 Å². The Hall–Kier alpha value is -1.55. The molecule has 1 aromatic carbocycles. The van der Waals surface area contributed by atoms with Gasteiger partial charge in [0.05, 0.1) is 13.7 Å². The van der Waals surface area contributed by atoms with Gasteiger partial charge in [0.2, 0.25) is 0 Å². The summed E-state index contributed by atoms with van der Waals surface area (Å²) in [5.74, 6) is 0.819. The number of rotatable bonds is 9. The van der Waals surface area contributed by atoms with E-state index in [1.165, 1.54) is 0 Å². The van der Waals surface area contributed by atoms with Crippen molar-refractivity contribution < 1.29 is 14.3 Å². The molecule has 0 unspecified atom stereocenters. The minimum absolute atomic E-state index is 0.0532. The summed E-state index contributed by atoms with van der Waals surface area (Å²) in [6.45, 7) is 8.73. The zero-order chi connectivity index (χ0) is 15.7. The maximum atomic E-state index is 12.4. The summed E-state index contributed by atoms with van der Waals surface area (Å²) in [5.41, 5.74) is 1.61. The molecule has 4 nitrogen and oxygen atoms in total. The van der Waals surface area contributed by atoms with E-state index >= 15 is 0 Å². The lowest BCUT2D eigenvalue weighted by Crippen LogP contribution is -2.30. The third kappa shape index (κ3) is 5.05. The largest absolute Gasteiger partial charge is 0.496 e. The van der Waals surface area contributed by atoms with Gasteiger partial charge in [-0.3, -0.25) is 4.79 Å². The normalized spacial score (nSPS) is 10.5. The highest BCUT2D eigenvalue weighted by Gasteiger charge is 2.14. The van der Waals surface area contributed by atoms with E-state index in [2.05, 4.69) is 6.92 Å². The Balaban J connectivity index is 2.85. The molecule has 0 fully saturated rings. The lowest BCUT2D eigenvalue weighted by Gasteiger charge is -2.19. The van der Waals surface area contributed by atoms with Gasteiger partial charge in [0.1, 0.15) is 5.75 Å². The minimum atomic E-state index is 0.0532. The molecule has 0 heterocycles. The molecular formula is C17H27NO3. The van der Waals surface area contributed by atoms with Crippen LogP contribution < -0.4 is 4.74 Å². The number of ether oxygens (including phenoxy) is 2. The Morgan fingerprint density at radius 1 is 1.19 bits per heavy atom. The van der Waals surface area contributed by atoms with Crippen LogP contribution in [0.5, 0.6) is 5.75 Å². The fourth-order valence-corrected chi connectivity index (χ4v) is 2.15. The molecule has 21 heavy (non-hydrogen) atoms. The number of benzene rings is 1. The van der Waals surface area contributed by atoms with Crippen LogP contribution in [0.3, 0.4) is 0 Å². The summed E-state index contributed by atoms with van der Waals surface area (Å²) < 4.78 is 11.0. The standard InChI is InChI=1S/C17H27NO3/c1-5-8-11-21-13-15-12-14(9-10-16(15)20-4)17(19)18(6-2)7-3/h9-10,12H,5-8,11,13H2,1-4H3. The molecule has 1 amide bonds. The Morgan fingerprint density at radius 2 is 1.90 bits per heavy atom. The van der Waals surface area contributed by atoms with E-state index in [-0.39, 0.29) is 5.91 Å². The topological polar surface area (TPSA) is 38.8 Å². The van der Waals surface area contributed by atoms with Gasteiger partial charge in [-0.1, -0.05) is 13.3 Å². The predicted molar refractivity (Wildman–Crippen MR) is 84.8 cm³/mol. The second-order valence-electron chi connectivity index (χ2n) is 4.91. The number of methoxy groups -OCH3 is 1. The van der Waals surface area contributed by atoms with Crippen molar-refractivity contribution in [1.82, 2.24) is 4.90 Å². The molecule has 0 atom stereocenters. The SMILES string of the molecule is CCCCOCc1cc(C(=O)N(CC)CC)ccc1OC. The van der Waals surface area contributed by atoms with Gasteiger partial charge in [0.25, 0.3) is 5.91 Å². The first kappa shape index (κ1) is 17.5. The number of unbranched alkanes of at least 4 members (excludes halogenated alkanes) is 1. The van der Waals surface area contributed by atoms with E-state index in [9.17, 15) is 4.79 Å². The Morgan fingerprint density at radius 3 is 2.48 bits per heavy atom. The van der Waals surface area contributed by atoms with Gasteiger partial charge in [-0.05, 0) is 38.5 Å². The summed E-state index contributed by atoms with van der Waals surface area (Å²) in [6.07, 6.45) is 2.15. The van der Waals surface area contributed by atoms with Gasteiger partial charge < -0.3 is 14.4 Å². The van der Waals surface area contributed by atoms with Crippen LogP contribution in [0.25, 0.3) is 0 Å². The quantitative estimate of drug-likeness (QED) is 0.654. The zero-order valence-corrected chi connectivity index (χ0v) is 13.6. The average molecular weight is 293 g/mol. The maximum absolute atomic E-state index is 12.4. The van der Waals surface area contributed by atoms with Crippen molar-refractivity contribution in [1.29, 1.82) is 0 Å². The summed E-state index contributed by atoms with van der Waals surface area (Å²) in [7, 11) is 1.64. The fraction of sp³-hybridized carbons (Fsp3) is 0.588. The average Bonchev–Trinajstić information content (AvgIpc) is 2.52. The fourth-order valence-electron chi connectivity index (χ4n) is 2.15. The molecule has 0 aliphatic carbocycles. The van der Waals surface area contributed by atoms with Crippen molar-refractivity contribution in [2.24, 2.45) is 0 Å². The van der Waals surface area contributed by atoms with Gasteiger partial charge in [0, 0.05) is 30.8 Å². The number of amides is 1. The molecule has 0 aromatic heterocycles. The molecule has 0 bridgehead atoms. The molecule has 0 aliphatic heterocycles. The highest BCUT2D eigenvalue weighted by molar-refractivity contribution is 5.94. The van der Waals surface area contributed by atoms with E-state index in [4.69, 9.17) is 9.47 Å². The van der Waals surface area contributed by atoms with Crippen molar-refractivity contribution in [3.63, 3.8) is 0 Å². The second kappa shape index (κ2) is 9.40. The summed E-state index contributed by atoms with van der Waals surface area (Å²) in [6, 6.07) is 5.54. The predicted octanol–water partition coefficient (Wildman–Crippen LogP) is 3.49. The number of hydrogen-bond acceptors (Lipinski definition) is 3. The summed E-state index contributed by atoms with van der Waals surface area (Å²) >= 11 is 0. The molecule has 0 saturated heterocycles. The van der Waals surface area contributed by atoms with Gasteiger partial charge >= 0.3 is 0 Å². The van der Waals surface area contributed by atoms with Gasteiger partial charge in [-0.15, -0.1) is 0 Å². The van der Waals surface area contributed by atoms with Crippen LogP contribution >= 0.6 is 0 Å². The summed E-state index contributed by atoms with van der Waals surface area (Å²) in [5, 5.41) is 0. The van der Waals surface area contributed by atoms with Crippen molar-refractivity contribution >= 4 is 5.91 Å². The number of carbonyl (C=O) groups is 1. The smallest absolute Gasteiger partial charge is 0.253 e. The van der Waals surface area contributed by atoms with Crippen molar-refractivity contribution in [2.45, 2.75) is 40.2 Å². The first-order chi connectivity index (χ1) is 10.2. The molecule has 1 rings (SSSR count). The second-order valence-corrected chi connectivity index (χ2v) is 4.91. The van der Waals surface area contributed by atoms with Crippen LogP contribution in [0, 0.1) is 0 Å². The molecule has 0 saturated carbocycles. The minimum Gasteiger partial charge on any atom is -0.496 e. The van der Waals surface area contributed by atoms with Crippen LogP contribution in [-0.2, 0) is 11.3 Å². The van der Waals surface area contributed by atoms with Gasteiger partial charge in [-0.2, -0.15) is 0 Å². The van der Waals surface area contributed by atoms with Gasteiger partial charge in [-0.25, -0.2) is 0 Å². The van der Waals surface area contributed by atoms with Crippen molar-refractivity contribution in [3.05, 3.63) is 29.3 Å². The number of hydrogen-bond donors (Lipinski definition) is 0. The molecule has 1 aromatic rings. The van der Waals surface area contributed by atoms with Crippen molar-refractivity contribution in [3.8, 4) is 5.75 Å². The van der Waals surface area contributed by atoms with Crippen LogP contribution in [0.2, 0.25) is 0 Å². The molecule has 118 valence electrons. The molecular weight excluding hydrogens is 266 g/mol. The third-order valence-corrected chi connectivity index (χ3v) is 3.48. The van der Waals surface area contributed by atoms with Crippen LogP contribution in [0.1, 0.15) is 49.5 Å². The molecule has 0 aliphatic rings. The first-order valence-electron chi connectivity index (χ1n) is 7.71. The van der Waals surface area contributed by atoms with Crippen LogP contribution in [0.4, 0.5) is 0 Å². The highest BCUT2D eigenvalue weighted by atomic mass is 16.5. The lowest BCUT2D eigenvalue weighted by atomic mass is 10.1. The Kier molecular flexibility index (Phi) is 7.83. The molecule has 0 N–H and O–H groups in total. The Bertz CT molecular complexity index is 442. The lowest BCUT2D eigenvalue weighted by molar-refractivity contribution is 0.0772. The van der Waals surface area contributed by atoms with E-state index in [1.54, 1.807) is 7.11 Å². The van der Waals surface area contributed by atoms with E-state index in [1.807, 2.05) is 36.9 Å². The highest BCUT2D eigenvalue weighted by Crippen LogP contribution is 2.22. The molecule has 4 heteroatoms. The number of nitrogens with zero attached hydrogens (tertiary/aromatic N) is 1. The van der Waals surface area contributed by atoms with E-state index in [0.29, 0.717) is 25.3 Å². The van der Waals surface area contributed by atoms with Gasteiger partial charge in [0.15, 0.2) is 0 Å². The first-order valence-corrected chi connectivity index (χ1v) is 7.71. The van der Waals surface area contributed by atoms with Crippen LogP contribution in [0.15, 0.2) is 18.2 Å². The van der Waals surface area contributed by atoms with E-state index < -0.39 is 0 Å². The van der Waals surface area contributed by atoms with Crippen molar-refractivity contribution in [2.75, 3.05) is 26.8 Å². The van der Waals surface area contributed by atoms with E-state index in [0.717, 1.165) is 30.8 Å². The molecule has 0 spiro atoms. The molecule has 0 radical (unpaired) electrons. The summed E-state index contributed by atoms with van der Waals surface area (Å²) in [4.78, 5) is 14.2.